The van der Waals surface area contributed by atoms with E-state index in [-0.39, 0.29) is 12.5 Å². The Bertz CT molecular complexity index is 1050. The minimum Gasteiger partial charge on any atom is -0.381 e. The maximum Gasteiger partial charge on any atom is 0.433 e. The predicted molar refractivity (Wildman–Crippen MR) is 103 cm³/mol. The van der Waals surface area contributed by atoms with Crippen LogP contribution in [0.25, 0.3) is 11.1 Å². The van der Waals surface area contributed by atoms with Crippen LogP contribution in [0, 0.1) is 6.92 Å². The van der Waals surface area contributed by atoms with Gasteiger partial charge in [-0.2, -0.15) is 18.3 Å². The van der Waals surface area contributed by atoms with Crippen LogP contribution in [0.2, 0.25) is 0 Å². The third-order valence-electron chi connectivity index (χ3n) is 4.16. The van der Waals surface area contributed by atoms with Gasteiger partial charge in [-0.3, -0.25) is 9.48 Å². The number of hydrogen-bond acceptors (Lipinski definition) is 6. The second-order valence-electron chi connectivity index (χ2n) is 6.56. The lowest BCUT2D eigenvalue weighted by molar-refractivity contribution is -0.141. The van der Waals surface area contributed by atoms with Crippen molar-refractivity contribution in [3.8, 4) is 11.1 Å². The number of nitrogens with zero attached hydrogens (tertiary/aromatic N) is 4. The lowest BCUT2D eigenvalue weighted by Crippen LogP contribution is -2.35. The van der Waals surface area contributed by atoms with Gasteiger partial charge in [0.1, 0.15) is 5.69 Å². The quantitative estimate of drug-likeness (QED) is 0.566. The molecule has 2 aromatic heterocycles. The highest BCUT2D eigenvalue weighted by Crippen LogP contribution is 2.29. The predicted octanol–water partition coefficient (Wildman–Crippen LogP) is 2.52. The van der Waals surface area contributed by atoms with Crippen molar-refractivity contribution in [3.05, 3.63) is 54.1 Å². The Morgan fingerprint density at radius 3 is 2.73 bits per heavy atom. The summed E-state index contributed by atoms with van der Waals surface area (Å²) in [5.41, 5.74) is 1.76. The highest BCUT2D eigenvalue weighted by atomic mass is 19.4. The van der Waals surface area contributed by atoms with Crippen LogP contribution >= 0.6 is 0 Å². The SMILES string of the molecule is CNC(=O)[C@@H](O)Cn1cc(-c2cc(C)cc(Nc3nccc(C(F)(F)F)n3)c2)cn1. The Labute approximate surface area is 169 Å². The van der Waals surface area contributed by atoms with Crippen molar-refractivity contribution in [2.24, 2.45) is 0 Å². The largest absolute Gasteiger partial charge is 0.433 e. The van der Waals surface area contributed by atoms with Crippen molar-refractivity contribution in [3.63, 3.8) is 0 Å². The van der Waals surface area contributed by atoms with Gasteiger partial charge in [0.2, 0.25) is 5.95 Å². The molecule has 3 N–H and O–H groups in total. The Kier molecular flexibility index (Phi) is 6.01. The third-order valence-corrected chi connectivity index (χ3v) is 4.16. The summed E-state index contributed by atoms with van der Waals surface area (Å²) in [6, 6.07) is 6.13. The van der Waals surface area contributed by atoms with Gasteiger partial charge in [0.15, 0.2) is 6.10 Å². The van der Waals surface area contributed by atoms with Crippen molar-refractivity contribution in [1.29, 1.82) is 0 Å². The van der Waals surface area contributed by atoms with E-state index in [1.165, 1.54) is 11.7 Å². The topological polar surface area (TPSA) is 105 Å². The number of benzene rings is 1. The number of anilines is 2. The fourth-order valence-electron chi connectivity index (χ4n) is 2.77. The van der Waals surface area contributed by atoms with Crippen LogP contribution < -0.4 is 10.6 Å². The van der Waals surface area contributed by atoms with E-state index in [1.54, 1.807) is 24.5 Å². The molecule has 2 heterocycles. The molecule has 8 nitrogen and oxygen atoms in total. The molecular weight excluding hydrogens is 401 g/mol. The normalized spacial score (nSPS) is 12.5. The Morgan fingerprint density at radius 2 is 2.03 bits per heavy atom. The van der Waals surface area contributed by atoms with Gasteiger partial charge in [0, 0.05) is 30.7 Å². The number of alkyl halides is 3. The molecule has 1 aromatic carbocycles. The van der Waals surface area contributed by atoms with E-state index in [2.05, 4.69) is 25.7 Å². The first-order valence-electron chi connectivity index (χ1n) is 8.87. The molecule has 0 aliphatic rings. The summed E-state index contributed by atoms with van der Waals surface area (Å²) in [6.07, 6.45) is -1.54. The Hall–Kier alpha value is -3.47. The molecule has 0 aliphatic carbocycles. The van der Waals surface area contributed by atoms with E-state index in [9.17, 15) is 23.1 Å². The molecule has 1 atom stereocenters. The molecule has 3 rings (SSSR count). The number of nitrogens with one attached hydrogen (secondary N) is 2. The first-order valence-corrected chi connectivity index (χ1v) is 8.87. The molecule has 0 fully saturated rings. The van der Waals surface area contributed by atoms with Gasteiger partial charge in [-0.15, -0.1) is 0 Å². The van der Waals surface area contributed by atoms with Crippen LogP contribution in [0.3, 0.4) is 0 Å². The standard InChI is InChI=1S/C19H19F3N6O2/c1-11-5-12(13-8-25-28(9-13)10-15(29)17(30)23-2)7-14(6-11)26-18-24-4-3-16(27-18)19(20,21)22/h3-9,15,29H,10H2,1-2H3,(H,23,30)(H,24,26,27)/t15-/m0/s1. The summed E-state index contributed by atoms with van der Waals surface area (Å²) in [6.45, 7) is 1.82. The highest BCUT2D eigenvalue weighted by Gasteiger charge is 2.32. The van der Waals surface area contributed by atoms with E-state index in [1.807, 2.05) is 13.0 Å². The van der Waals surface area contributed by atoms with Crippen molar-refractivity contribution in [1.82, 2.24) is 25.1 Å². The molecule has 0 radical (unpaired) electrons. The zero-order valence-corrected chi connectivity index (χ0v) is 16.1. The van der Waals surface area contributed by atoms with E-state index < -0.39 is 23.9 Å². The number of aryl methyl sites for hydroxylation is 1. The minimum atomic E-state index is -4.56. The van der Waals surface area contributed by atoms with Crippen molar-refractivity contribution in [2.75, 3.05) is 12.4 Å². The van der Waals surface area contributed by atoms with Crippen LogP contribution in [0.4, 0.5) is 24.8 Å². The van der Waals surface area contributed by atoms with Crippen LogP contribution in [0.5, 0.6) is 0 Å². The second kappa shape index (κ2) is 8.49. The number of aromatic nitrogens is 4. The summed E-state index contributed by atoms with van der Waals surface area (Å²) < 4.78 is 40.0. The van der Waals surface area contributed by atoms with E-state index in [0.29, 0.717) is 11.3 Å². The van der Waals surface area contributed by atoms with E-state index in [0.717, 1.165) is 23.4 Å². The number of halogens is 3. The lowest BCUT2D eigenvalue weighted by Gasteiger charge is -2.10. The van der Waals surface area contributed by atoms with Crippen molar-refractivity contribution >= 4 is 17.5 Å². The van der Waals surface area contributed by atoms with Gasteiger partial charge >= 0.3 is 6.18 Å². The Morgan fingerprint density at radius 1 is 1.27 bits per heavy atom. The maximum absolute atomic E-state index is 12.9. The van der Waals surface area contributed by atoms with Crippen LogP contribution in [0.15, 0.2) is 42.9 Å². The number of amides is 1. The molecule has 0 spiro atoms. The maximum atomic E-state index is 12.9. The molecule has 0 aliphatic heterocycles. The molecular formula is C19H19F3N6O2. The monoisotopic (exact) mass is 420 g/mol. The first-order chi connectivity index (χ1) is 14.2. The van der Waals surface area contributed by atoms with Gasteiger partial charge in [-0.1, -0.05) is 6.07 Å². The number of carbonyl (C=O) groups is 1. The van der Waals surface area contributed by atoms with Crippen LogP contribution in [-0.4, -0.2) is 43.9 Å². The molecule has 1 amide bonds. The minimum absolute atomic E-state index is 0.0192. The van der Waals surface area contributed by atoms with Gasteiger partial charge < -0.3 is 15.7 Å². The average Bonchev–Trinajstić information content (AvgIpc) is 3.15. The molecule has 3 aromatic rings. The van der Waals surface area contributed by atoms with Crippen LogP contribution in [0.1, 0.15) is 11.3 Å². The second-order valence-corrected chi connectivity index (χ2v) is 6.56. The zero-order chi connectivity index (χ0) is 21.9. The third kappa shape index (κ3) is 5.11. The molecule has 0 unspecified atom stereocenters. The van der Waals surface area contributed by atoms with Gasteiger partial charge in [-0.25, -0.2) is 9.97 Å². The molecule has 0 saturated heterocycles. The number of carbonyl (C=O) groups excluding carboxylic acids is 1. The molecule has 11 heteroatoms. The van der Waals surface area contributed by atoms with Crippen molar-refractivity contribution < 1.29 is 23.1 Å². The number of aliphatic hydroxyl groups excluding tert-OH is 1. The molecule has 0 bridgehead atoms. The van der Waals surface area contributed by atoms with Crippen molar-refractivity contribution in [2.45, 2.75) is 25.7 Å². The smallest absolute Gasteiger partial charge is 0.381 e. The van der Waals surface area contributed by atoms with Gasteiger partial charge in [0.05, 0.1) is 12.7 Å². The lowest BCUT2D eigenvalue weighted by atomic mass is 10.1. The number of hydrogen-bond donors (Lipinski definition) is 3. The number of likely N-dealkylation sites (N-methyl/N-ethyl adjacent to an activating group) is 1. The summed E-state index contributed by atoms with van der Waals surface area (Å²) in [5, 5.41) is 19.1. The van der Waals surface area contributed by atoms with E-state index in [4.69, 9.17) is 0 Å². The number of aliphatic hydroxyl groups is 1. The summed E-state index contributed by atoms with van der Waals surface area (Å²) in [5.74, 6) is -0.694. The molecule has 158 valence electrons. The zero-order valence-electron chi connectivity index (χ0n) is 16.1. The average molecular weight is 420 g/mol. The fraction of sp³-hybridized carbons (Fsp3) is 0.263. The van der Waals surface area contributed by atoms with Gasteiger partial charge in [0.25, 0.3) is 5.91 Å². The fourth-order valence-corrected chi connectivity index (χ4v) is 2.77. The van der Waals surface area contributed by atoms with Gasteiger partial charge in [-0.05, 0) is 36.2 Å². The highest BCUT2D eigenvalue weighted by molar-refractivity contribution is 5.80. The number of rotatable bonds is 6. The summed E-state index contributed by atoms with van der Waals surface area (Å²) in [4.78, 5) is 18.8. The first kappa shape index (κ1) is 21.2. The van der Waals surface area contributed by atoms with Crippen LogP contribution in [-0.2, 0) is 17.5 Å². The van der Waals surface area contributed by atoms with E-state index >= 15 is 0 Å². The molecule has 0 saturated carbocycles. The Balaban J connectivity index is 1.82. The molecule has 30 heavy (non-hydrogen) atoms. The summed E-state index contributed by atoms with van der Waals surface area (Å²) >= 11 is 0. The summed E-state index contributed by atoms with van der Waals surface area (Å²) in [7, 11) is 1.43.